The predicted molar refractivity (Wildman–Crippen MR) is 83.1 cm³/mol. The Balaban J connectivity index is 2.25. The summed E-state index contributed by atoms with van der Waals surface area (Å²) in [5, 5.41) is 0. The number of fused-ring (bicyclic) bond motifs is 1. The van der Waals surface area contributed by atoms with Gasteiger partial charge in [0.1, 0.15) is 11.1 Å². The second-order valence-corrected chi connectivity index (χ2v) is 5.68. The Labute approximate surface area is 138 Å². The number of carbonyl (C=O) groups excluding carboxylic acids is 1. The monoisotopic (exact) mass is 381 g/mol. The Morgan fingerprint density at radius 2 is 2.04 bits per heavy atom. The second-order valence-electron chi connectivity index (χ2n) is 4.82. The lowest BCUT2D eigenvalue weighted by atomic mass is 10.1. The van der Waals surface area contributed by atoms with Crippen LogP contribution < -0.4 is 0 Å². The molecule has 3 rings (SSSR count). The number of hydrogen-bond donors (Lipinski definition) is 0. The van der Waals surface area contributed by atoms with Crippen molar-refractivity contribution in [1.29, 1.82) is 0 Å². The lowest BCUT2D eigenvalue weighted by Gasteiger charge is -2.02. The van der Waals surface area contributed by atoms with Crippen LogP contribution in [0.5, 0.6) is 0 Å². The van der Waals surface area contributed by atoms with Crippen LogP contribution in [0.3, 0.4) is 0 Å². The Morgan fingerprint density at radius 1 is 1.30 bits per heavy atom. The first-order valence-electron chi connectivity index (χ1n) is 6.56. The number of halogens is 3. The summed E-state index contributed by atoms with van der Waals surface area (Å²) in [7, 11) is 1.09. The molecule has 23 heavy (non-hydrogen) atoms. The third-order valence-corrected chi connectivity index (χ3v) is 4.33. The fourth-order valence-electron chi connectivity index (χ4n) is 2.22. The third-order valence-electron chi connectivity index (χ3n) is 3.47. The highest BCUT2D eigenvalue weighted by atomic mass is 79.9. The highest BCUT2D eigenvalue weighted by Gasteiger charge is 2.24. The van der Waals surface area contributed by atoms with Gasteiger partial charge in [0.25, 0.3) is 0 Å². The van der Waals surface area contributed by atoms with Gasteiger partial charge in [0.05, 0.1) is 7.11 Å². The molecule has 0 atom stereocenters. The molecule has 7 heteroatoms. The van der Waals surface area contributed by atoms with E-state index >= 15 is 0 Å². The zero-order valence-corrected chi connectivity index (χ0v) is 13.7. The average Bonchev–Trinajstić information content (AvgIpc) is 2.96. The summed E-state index contributed by atoms with van der Waals surface area (Å²) in [6.07, 6.45) is 0. The zero-order valence-electron chi connectivity index (χ0n) is 12.1. The largest absolute Gasteiger partial charge is 0.465 e. The van der Waals surface area contributed by atoms with Gasteiger partial charge in [0.15, 0.2) is 11.4 Å². The van der Waals surface area contributed by atoms with E-state index in [1.165, 1.54) is 0 Å². The predicted octanol–water partition coefficient (Wildman–Crippen LogP) is 4.63. The summed E-state index contributed by atoms with van der Waals surface area (Å²) in [5.41, 5.74) is 0.648. The molecule has 0 fully saturated rings. The maximum Gasteiger partial charge on any atom is 0.341 e. The van der Waals surface area contributed by atoms with E-state index < -0.39 is 23.2 Å². The van der Waals surface area contributed by atoms with Crippen LogP contribution in [0.4, 0.5) is 8.78 Å². The molecule has 0 radical (unpaired) electrons. The summed E-state index contributed by atoms with van der Waals surface area (Å²) < 4.78 is 38.7. The van der Waals surface area contributed by atoms with Crippen LogP contribution in [-0.4, -0.2) is 18.1 Å². The van der Waals surface area contributed by atoms with Crippen LogP contribution in [-0.2, 0) is 4.74 Å². The van der Waals surface area contributed by atoms with E-state index in [1.807, 2.05) is 13.0 Å². The smallest absolute Gasteiger partial charge is 0.341 e. The molecule has 1 heterocycles. The van der Waals surface area contributed by atoms with E-state index in [-0.39, 0.29) is 17.0 Å². The van der Waals surface area contributed by atoms with Gasteiger partial charge in [-0.05, 0) is 30.7 Å². The summed E-state index contributed by atoms with van der Waals surface area (Å²) >= 11 is 3.39. The standard InChI is InChI=1S/C16H10BrF2NO3/c1-7-8(4-3-5-10(7)17)15-20-11-6-9(16(21)22-2)12(18)13(19)14(11)23-15/h3-6H,1-2H3. The molecule has 0 N–H and O–H groups in total. The second kappa shape index (κ2) is 5.73. The van der Waals surface area contributed by atoms with Gasteiger partial charge in [-0.25, -0.2) is 14.2 Å². The van der Waals surface area contributed by atoms with E-state index in [2.05, 4.69) is 25.7 Å². The van der Waals surface area contributed by atoms with Crippen molar-refractivity contribution in [2.75, 3.05) is 7.11 Å². The van der Waals surface area contributed by atoms with Gasteiger partial charge >= 0.3 is 5.97 Å². The number of nitrogens with zero attached hydrogens (tertiary/aromatic N) is 1. The van der Waals surface area contributed by atoms with Crippen molar-refractivity contribution in [2.24, 2.45) is 0 Å². The van der Waals surface area contributed by atoms with E-state index in [0.717, 1.165) is 23.2 Å². The first-order chi connectivity index (χ1) is 10.9. The van der Waals surface area contributed by atoms with E-state index in [1.54, 1.807) is 12.1 Å². The summed E-state index contributed by atoms with van der Waals surface area (Å²) in [5.74, 6) is -3.43. The molecule has 0 aliphatic carbocycles. The molecular weight excluding hydrogens is 372 g/mol. The molecule has 2 aromatic carbocycles. The SMILES string of the molecule is COC(=O)c1cc2nc(-c3cccc(Br)c3C)oc2c(F)c1F. The maximum atomic E-state index is 14.1. The van der Waals surface area contributed by atoms with E-state index in [4.69, 9.17) is 4.42 Å². The van der Waals surface area contributed by atoms with Gasteiger partial charge in [-0.1, -0.05) is 22.0 Å². The first-order valence-corrected chi connectivity index (χ1v) is 7.35. The normalized spacial score (nSPS) is 11.0. The van der Waals surface area contributed by atoms with Crippen molar-refractivity contribution in [1.82, 2.24) is 4.98 Å². The maximum absolute atomic E-state index is 14.1. The van der Waals surface area contributed by atoms with Crippen LogP contribution in [0.2, 0.25) is 0 Å². The molecule has 0 saturated heterocycles. The number of aromatic nitrogens is 1. The Bertz CT molecular complexity index is 937. The summed E-state index contributed by atoms with van der Waals surface area (Å²) in [6, 6.07) is 6.48. The number of carbonyl (C=O) groups is 1. The zero-order chi connectivity index (χ0) is 16.7. The van der Waals surface area contributed by atoms with Crippen LogP contribution >= 0.6 is 15.9 Å². The van der Waals surface area contributed by atoms with Gasteiger partial charge in [0, 0.05) is 10.0 Å². The Kier molecular flexibility index (Phi) is 3.89. The Morgan fingerprint density at radius 3 is 2.74 bits per heavy atom. The quantitative estimate of drug-likeness (QED) is 0.607. The molecule has 1 aromatic heterocycles. The fourth-order valence-corrected chi connectivity index (χ4v) is 2.58. The minimum Gasteiger partial charge on any atom is -0.465 e. The van der Waals surface area contributed by atoms with Gasteiger partial charge < -0.3 is 9.15 Å². The fraction of sp³-hybridized carbons (Fsp3) is 0.125. The van der Waals surface area contributed by atoms with Crippen LogP contribution in [0.1, 0.15) is 15.9 Å². The summed E-state index contributed by atoms with van der Waals surface area (Å²) in [6.45, 7) is 1.84. The van der Waals surface area contributed by atoms with Crippen LogP contribution in [0.15, 0.2) is 33.2 Å². The average molecular weight is 382 g/mol. The van der Waals surface area contributed by atoms with Crippen molar-refractivity contribution in [3.8, 4) is 11.5 Å². The topological polar surface area (TPSA) is 52.3 Å². The highest BCUT2D eigenvalue weighted by molar-refractivity contribution is 9.10. The van der Waals surface area contributed by atoms with Crippen molar-refractivity contribution < 1.29 is 22.7 Å². The van der Waals surface area contributed by atoms with Crippen LogP contribution in [0.25, 0.3) is 22.6 Å². The number of benzene rings is 2. The van der Waals surface area contributed by atoms with Gasteiger partial charge in [-0.3, -0.25) is 0 Å². The lowest BCUT2D eigenvalue weighted by molar-refractivity contribution is 0.0594. The Hall–Kier alpha value is -2.28. The molecule has 0 saturated carbocycles. The molecule has 0 aliphatic rings. The molecule has 0 aliphatic heterocycles. The molecular formula is C16H10BrF2NO3. The lowest BCUT2D eigenvalue weighted by Crippen LogP contribution is -2.06. The molecule has 0 unspecified atom stereocenters. The molecule has 0 bridgehead atoms. The number of oxazole rings is 1. The highest BCUT2D eigenvalue weighted by Crippen LogP contribution is 2.32. The number of esters is 1. The van der Waals surface area contributed by atoms with Crippen LogP contribution in [0, 0.1) is 18.6 Å². The minimum atomic E-state index is -1.32. The number of rotatable bonds is 2. The van der Waals surface area contributed by atoms with Crippen molar-refractivity contribution in [3.63, 3.8) is 0 Å². The van der Waals surface area contributed by atoms with Crippen molar-refractivity contribution in [3.05, 3.63) is 51.5 Å². The number of ether oxygens (including phenoxy) is 1. The van der Waals surface area contributed by atoms with Gasteiger partial charge in [-0.15, -0.1) is 0 Å². The number of methoxy groups -OCH3 is 1. The van der Waals surface area contributed by atoms with E-state index in [0.29, 0.717) is 5.56 Å². The molecule has 0 spiro atoms. The third kappa shape index (κ3) is 2.50. The van der Waals surface area contributed by atoms with Crippen molar-refractivity contribution in [2.45, 2.75) is 6.92 Å². The van der Waals surface area contributed by atoms with E-state index in [9.17, 15) is 13.6 Å². The molecule has 118 valence electrons. The first kappa shape index (κ1) is 15.6. The number of hydrogen-bond acceptors (Lipinski definition) is 4. The van der Waals surface area contributed by atoms with Crippen molar-refractivity contribution >= 4 is 33.0 Å². The molecule has 3 aromatic rings. The van der Waals surface area contributed by atoms with Gasteiger partial charge in [0.2, 0.25) is 11.7 Å². The molecule has 0 amide bonds. The van der Waals surface area contributed by atoms with Gasteiger partial charge in [-0.2, -0.15) is 4.39 Å². The summed E-state index contributed by atoms with van der Waals surface area (Å²) in [4.78, 5) is 15.7. The molecule has 4 nitrogen and oxygen atoms in total. The minimum absolute atomic E-state index is 0.0404.